The smallest absolute Gasteiger partial charge is 1.00 e. The van der Waals surface area contributed by atoms with E-state index < -0.39 is 14.6 Å². The van der Waals surface area contributed by atoms with Crippen molar-refractivity contribution in [1.29, 1.82) is 0 Å². The summed E-state index contributed by atoms with van der Waals surface area (Å²) >= 11 is 0. The third-order valence-electron chi connectivity index (χ3n) is 0.556. The van der Waals surface area contributed by atoms with Crippen LogP contribution in [0, 0.1) is 0 Å². The van der Waals surface area contributed by atoms with E-state index in [-0.39, 0.29) is 107 Å². The number of rotatable bonds is 6. The summed E-state index contributed by atoms with van der Waals surface area (Å²) in [6.07, 6.45) is 0. The fourth-order valence-corrected chi connectivity index (χ4v) is 0.246. The molecule has 23 heavy (non-hydrogen) atoms. The van der Waals surface area contributed by atoms with Gasteiger partial charge in [-0.2, -0.15) is 0 Å². The second kappa shape index (κ2) is 79.7. The molecule has 0 saturated heterocycles. The molecule has 0 aliphatic heterocycles. The monoisotopic (exact) mass is 350 g/mol. The van der Waals surface area contributed by atoms with Crippen molar-refractivity contribution in [3.8, 4) is 0 Å². The van der Waals surface area contributed by atoms with Gasteiger partial charge in [-0.3, -0.25) is 0 Å². The average Bonchev–Trinajstić information content (AvgIpc) is 1.87. The van der Waals surface area contributed by atoms with E-state index in [1.54, 1.807) is 0 Å². The van der Waals surface area contributed by atoms with Gasteiger partial charge in [0.2, 0.25) is 0 Å². The first-order valence-electron chi connectivity index (χ1n) is 2.36. The van der Waals surface area contributed by atoms with Crippen LogP contribution in [0.1, 0.15) is 0 Å². The third-order valence-corrected chi connectivity index (χ3v) is 0.556. The van der Waals surface area contributed by atoms with E-state index >= 15 is 0 Å². The van der Waals surface area contributed by atoms with Crippen LogP contribution in [0.25, 0.3) is 0 Å². The van der Waals surface area contributed by atoms with Gasteiger partial charge in [-0.1, -0.05) is 0 Å². The molecule has 136 valence electrons. The van der Waals surface area contributed by atoms with Crippen molar-refractivity contribution in [2.24, 2.45) is 0 Å². The Labute approximate surface area is 155 Å². The van der Waals surface area contributed by atoms with E-state index in [1.165, 1.54) is 0 Å². The van der Waals surface area contributed by atoms with E-state index in [0.29, 0.717) is 0 Å². The summed E-state index contributed by atoms with van der Waals surface area (Å²) in [6, 6.07) is 0. The van der Waals surface area contributed by atoms with Gasteiger partial charge in [0.05, 0.1) is 0 Å². The molecule has 0 radical (unpaired) electrons. The molecular weight excluding hydrogens is 329 g/mol. The van der Waals surface area contributed by atoms with Gasteiger partial charge in [0.1, 0.15) is 0 Å². The zero-order valence-electron chi connectivity index (χ0n) is 12.2. The molecule has 0 atom stereocenters. The van der Waals surface area contributed by atoms with E-state index in [0.717, 1.165) is 0 Å². The van der Waals surface area contributed by atoms with E-state index in [1.807, 2.05) is 0 Å². The van der Waals surface area contributed by atoms with Crippen molar-refractivity contribution in [2.45, 2.75) is 0 Å². The van der Waals surface area contributed by atoms with Crippen LogP contribution in [0.3, 0.4) is 0 Å². The summed E-state index contributed by atoms with van der Waals surface area (Å²) in [5, 5.41) is 20.3. The van der Waals surface area contributed by atoms with E-state index in [2.05, 4.69) is 13.7 Å². The Morgan fingerprint density at radius 2 is 0.739 bits per heavy atom. The Kier molecular flexibility index (Phi) is 383. The normalized spacial score (nSPS) is 3.57. The van der Waals surface area contributed by atoms with Gasteiger partial charge in [0.25, 0.3) is 0 Å². The first-order valence-corrected chi connectivity index (χ1v) is 2.36. The van der Waals surface area contributed by atoms with Gasteiger partial charge < -0.3 is 54.8 Å². The Morgan fingerprint density at radius 3 is 0.870 bits per heavy atom. The van der Waals surface area contributed by atoms with Crippen molar-refractivity contribution >= 4 is 29.3 Å². The summed E-state index contributed by atoms with van der Waals surface area (Å²) in [7, 11) is -4.92. The van der Waals surface area contributed by atoms with Crippen molar-refractivity contribution in [1.82, 2.24) is 0 Å². The molecule has 0 heterocycles. The van der Waals surface area contributed by atoms with Gasteiger partial charge >= 0.3 is 100 Å². The van der Waals surface area contributed by atoms with Gasteiger partial charge in [-0.05, 0) is 0 Å². The molecule has 0 aliphatic rings. The largest absolute Gasteiger partial charge is 1.00 e. The number of hydrogen-bond donors (Lipinski definition) is 0. The molecule has 0 aromatic heterocycles. The SMILES string of the molecule is O.O.O.O.O.O.O.O.O.O.O=BOB([O-])OB([O-])OB=O.[Li+].[Li+]. The van der Waals surface area contributed by atoms with Gasteiger partial charge in [0.15, 0.2) is 0 Å². The van der Waals surface area contributed by atoms with Crippen LogP contribution >= 0.6 is 0 Å². The Bertz CT molecular complexity index is 124. The van der Waals surface area contributed by atoms with Crippen molar-refractivity contribution in [2.75, 3.05) is 0 Å². The number of hydrogen-bond acceptors (Lipinski definition) is 7. The topological polar surface area (TPSA) is 423 Å². The molecule has 0 aliphatic carbocycles. The van der Waals surface area contributed by atoms with Crippen LogP contribution in [0.4, 0.5) is 0 Å². The first kappa shape index (κ1) is 110. The van der Waals surface area contributed by atoms with Crippen LogP contribution in [-0.2, 0) is 23.1 Å². The van der Waals surface area contributed by atoms with Gasteiger partial charge in [-0.25, -0.2) is 0 Å². The predicted molar refractivity (Wildman–Crippen MR) is 63.8 cm³/mol. The van der Waals surface area contributed by atoms with Gasteiger partial charge in [-0.15, -0.1) is 0 Å². The summed E-state index contributed by atoms with van der Waals surface area (Å²) in [5.74, 6) is 0. The molecule has 0 spiro atoms. The molecule has 0 bridgehead atoms. The zero-order valence-corrected chi connectivity index (χ0v) is 12.2. The van der Waals surface area contributed by atoms with Crippen LogP contribution < -0.4 is 47.8 Å². The summed E-state index contributed by atoms with van der Waals surface area (Å²) in [5.41, 5.74) is 0. The van der Waals surface area contributed by atoms with Crippen molar-refractivity contribution < 1.29 is 126 Å². The van der Waals surface area contributed by atoms with Crippen molar-refractivity contribution in [3.63, 3.8) is 0 Å². The Balaban J connectivity index is -0.00000000758. The maximum absolute atomic E-state index is 10.1. The fourth-order valence-electron chi connectivity index (χ4n) is 0.246. The molecule has 0 aromatic carbocycles. The summed E-state index contributed by atoms with van der Waals surface area (Å²) in [6.45, 7) is 0. The first-order chi connectivity index (χ1) is 5.20. The molecule has 0 fully saturated rings. The molecule has 0 rings (SSSR count). The van der Waals surface area contributed by atoms with Crippen LogP contribution in [0.2, 0.25) is 0 Å². The molecule has 0 amide bonds. The zero-order chi connectivity index (χ0) is 8.69. The summed E-state index contributed by atoms with van der Waals surface area (Å²) < 4.78 is 29.8. The third kappa shape index (κ3) is 87.4. The van der Waals surface area contributed by atoms with E-state index in [4.69, 9.17) is 0 Å². The van der Waals surface area contributed by atoms with Crippen LogP contribution in [0.5, 0.6) is 0 Å². The molecule has 20 N–H and O–H groups in total. The quantitative estimate of drug-likeness (QED) is 0.415. The molecule has 23 heteroatoms. The fraction of sp³-hybridized carbons (Fsp3) is 0. The minimum atomic E-state index is -2.27. The maximum Gasteiger partial charge on any atom is 1.00 e. The molecule has 0 saturated carbocycles. The van der Waals surface area contributed by atoms with Crippen LogP contribution in [0.15, 0.2) is 0 Å². The average molecular weight is 349 g/mol. The second-order valence-electron chi connectivity index (χ2n) is 1.18. The summed E-state index contributed by atoms with van der Waals surface area (Å²) in [4.78, 5) is 0. The van der Waals surface area contributed by atoms with Crippen molar-refractivity contribution in [3.05, 3.63) is 0 Å². The van der Waals surface area contributed by atoms with E-state index in [9.17, 15) is 19.5 Å². The Morgan fingerprint density at radius 1 is 0.565 bits per heavy atom. The molecule has 17 nitrogen and oxygen atoms in total. The minimum Gasteiger partial charge on any atom is 1.00 e. The van der Waals surface area contributed by atoms with Crippen LogP contribution in [-0.4, -0.2) is 84.1 Å². The predicted octanol–water partition coefficient (Wildman–Crippen LogP) is -18.6. The standard InChI is InChI=1S/B4O7.2Li.10H2O/c5-1-9-3(7)11-4(8)10-2-6;;;;;;;;;;;;/h;;;10*1H2/q-2;2*+1;;;;;;;;;;. The Hall–Kier alpha value is 0.135. The second-order valence-corrected chi connectivity index (χ2v) is 1.18. The molecule has 0 unspecified atom stereocenters. The molecular formula is H20B4Li2O17. The maximum atomic E-state index is 10.1. The van der Waals surface area contributed by atoms with Gasteiger partial charge in [0, 0.05) is 0 Å². The minimum absolute atomic E-state index is 0. The molecule has 0 aromatic rings.